The fourth-order valence-corrected chi connectivity index (χ4v) is 2.27. The SMILES string of the molecule is CN(C)C(=O)COc1ccc(NC(=O)Cc2ccc(Cl)c(Cl)c2)cc1. The Labute approximate surface area is 156 Å². The zero-order chi connectivity index (χ0) is 18.4. The molecule has 1 N–H and O–H groups in total. The predicted molar refractivity (Wildman–Crippen MR) is 99.4 cm³/mol. The number of hydrogen-bond acceptors (Lipinski definition) is 3. The van der Waals surface area contributed by atoms with Crippen LogP contribution in [0.25, 0.3) is 0 Å². The van der Waals surface area contributed by atoms with Crippen LogP contribution in [0.5, 0.6) is 5.75 Å². The van der Waals surface area contributed by atoms with Gasteiger partial charge in [-0.25, -0.2) is 0 Å². The van der Waals surface area contributed by atoms with E-state index in [2.05, 4.69) is 5.32 Å². The Hall–Kier alpha value is -2.24. The maximum Gasteiger partial charge on any atom is 0.259 e. The number of likely N-dealkylation sites (N-methyl/N-ethyl adjacent to an activating group) is 1. The van der Waals surface area contributed by atoms with Crippen LogP contribution in [0.2, 0.25) is 10.0 Å². The molecule has 7 heteroatoms. The van der Waals surface area contributed by atoms with Crippen molar-refractivity contribution in [2.24, 2.45) is 0 Å². The fourth-order valence-electron chi connectivity index (χ4n) is 1.95. The second-order valence-electron chi connectivity index (χ2n) is 5.57. The van der Waals surface area contributed by atoms with E-state index >= 15 is 0 Å². The summed E-state index contributed by atoms with van der Waals surface area (Å²) < 4.78 is 5.38. The van der Waals surface area contributed by atoms with Crippen LogP contribution < -0.4 is 10.1 Å². The van der Waals surface area contributed by atoms with E-state index in [-0.39, 0.29) is 24.8 Å². The molecule has 0 saturated carbocycles. The van der Waals surface area contributed by atoms with Crippen molar-refractivity contribution in [3.05, 3.63) is 58.1 Å². The van der Waals surface area contributed by atoms with Crippen LogP contribution in [-0.4, -0.2) is 37.4 Å². The molecule has 0 bridgehead atoms. The first kappa shape index (κ1) is 19.1. The molecule has 0 aliphatic heterocycles. The first-order valence-corrected chi connectivity index (χ1v) is 8.27. The molecule has 2 aromatic carbocycles. The highest BCUT2D eigenvalue weighted by Crippen LogP contribution is 2.23. The van der Waals surface area contributed by atoms with Crippen molar-refractivity contribution in [2.45, 2.75) is 6.42 Å². The van der Waals surface area contributed by atoms with E-state index in [0.717, 1.165) is 5.56 Å². The molecular weight excluding hydrogens is 363 g/mol. The molecule has 5 nitrogen and oxygen atoms in total. The number of carbonyl (C=O) groups excluding carboxylic acids is 2. The molecule has 0 aliphatic carbocycles. The molecule has 2 aromatic rings. The molecule has 132 valence electrons. The molecule has 0 aliphatic rings. The topological polar surface area (TPSA) is 58.6 Å². The molecule has 0 heterocycles. The third-order valence-electron chi connectivity index (χ3n) is 3.35. The smallest absolute Gasteiger partial charge is 0.259 e. The molecular formula is C18H18Cl2N2O3. The summed E-state index contributed by atoms with van der Waals surface area (Å²) in [5.74, 6) is 0.256. The Balaban J connectivity index is 1.88. The lowest BCUT2D eigenvalue weighted by molar-refractivity contribution is -0.130. The second-order valence-corrected chi connectivity index (χ2v) is 6.39. The van der Waals surface area contributed by atoms with Gasteiger partial charge in [-0.15, -0.1) is 0 Å². The molecule has 0 atom stereocenters. The van der Waals surface area contributed by atoms with E-state index in [4.69, 9.17) is 27.9 Å². The summed E-state index contributed by atoms with van der Waals surface area (Å²) in [4.78, 5) is 25.0. The molecule has 2 amide bonds. The number of hydrogen-bond donors (Lipinski definition) is 1. The number of rotatable bonds is 6. The molecule has 0 spiro atoms. The minimum atomic E-state index is -0.171. The summed E-state index contributed by atoms with van der Waals surface area (Å²) >= 11 is 11.8. The Morgan fingerprint density at radius 2 is 1.72 bits per heavy atom. The van der Waals surface area contributed by atoms with Gasteiger partial charge in [-0.3, -0.25) is 9.59 Å². The highest BCUT2D eigenvalue weighted by atomic mass is 35.5. The monoisotopic (exact) mass is 380 g/mol. The molecule has 0 radical (unpaired) electrons. The van der Waals surface area contributed by atoms with Crippen molar-refractivity contribution >= 4 is 40.7 Å². The quantitative estimate of drug-likeness (QED) is 0.831. The standard InChI is InChI=1S/C18H18Cl2N2O3/c1-22(2)18(24)11-25-14-6-4-13(5-7-14)21-17(23)10-12-3-8-15(19)16(20)9-12/h3-9H,10-11H2,1-2H3,(H,21,23). The van der Waals surface area contributed by atoms with Gasteiger partial charge in [0.2, 0.25) is 5.91 Å². The van der Waals surface area contributed by atoms with Gasteiger partial charge in [0, 0.05) is 19.8 Å². The molecule has 0 unspecified atom stereocenters. The minimum absolute atomic E-state index is 0.0317. The van der Waals surface area contributed by atoms with Crippen LogP contribution in [0, 0.1) is 0 Å². The number of nitrogens with zero attached hydrogens (tertiary/aromatic N) is 1. The lowest BCUT2D eigenvalue weighted by atomic mass is 10.1. The number of benzene rings is 2. The van der Waals surface area contributed by atoms with Crippen LogP contribution >= 0.6 is 23.2 Å². The van der Waals surface area contributed by atoms with E-state index in [1.165, 1.54) is 4.90 Å². The number of halogens is 2. The molecule has 25 heavy (non-hydrogen) atoms. The Kier molecular flexibility index (Phi) is 6.67. The lowest BCUT2D eigenvalue weighted by Gasteiger charge is -2.12. The van der Waals surface area contributed by atoms with Crippen molar-refractivity contribution in [2.75, 3.05) is 26.0 Å². The van der Waals surface area contributed by atoms with Gasteiger partial charge in [-0.05, 0) is 42.0 Å². The van der Waals surface area contributed by atoms with Gasteiger partial charge in [0.05, 0.1) is 16.5 Å². The predicted octanol–water partition coefficient (Wildman–Crippen LogP) is 3.64. The lowest BCUT2D eigenvalue weighted by Crippen LogP contribution is -2.27. The summed E-state index contributed by atoms with van der Waals surface area (Å²) in [5.41, 5.74) is 1.41. The average molecular weight is 381 g/mol. The van der Waals surface area contributed by atoms with E-state index in [1.54, 1.807) is 56.6 Å². The Morgan fingerprint density at radius 3 is 2.32 bits per heavy atom. The van der Waals surface area contributed by atoms with Gasteiger partial charge in [0.15, 0.2) is 6.61 Å². The van der Waals surface area contributed by atoms with Crippen molar-refractivity contribution in [1.82, 2.24) is 4.90 Å². The maximum atomic E-state index is 12.1. The van der Waals surface area contributed by atoms with Crippen molar-refractivity contribution < 1.29 is 14.3 Å². The summed E-state index contributed by atoms with van der Waals surface area (Å²) in [5, 5.41) is 3.66. The van der Waals surface area contributed by atoms with Gasteiger partial charge in [0.25, 0.3) is 5.91 Å². The normalized spacial score (nSPS) is 10.2. The zero-order valence-electron chi connectivity index (χ0n) is 13.9. The summed E-state index contributed by atoms with van der Waals surface area (Å²) in [6.07, 6.45) is 0.187. The molecule has 0 aromatic heterocycles. The fraction of sp³-hybridized carbons (Fsp3) is 0.222. The third-order valence-corrected chi connectivity index (χ3v) is 4.09. The second kappa shape index (κ2) is 8.74. The zero-order valence-corrected chi connectivity index (χ0v) is 15.4. The number of anilines is 1. The van der Waals surface area contributed by atoms with Gasteiger partial charge in [-0.2, -0.15) is 0 Å². The summed E-state index contributed by atoms with van der Waals surface area (Å²) in [6.45, 7) is -0.0317. The minimum Gasteiger partial charge on any atom is -0.484 e. The van der Waals surface area contributed by atoms with Crippen LogP contribution in [0.15, 0.2) is 42.5 Å². The molecule has 2 rings (SSSR count). The van der Waals surface area contributed by atoms with Gasteiger partial charge in [-0.1, -0.05) is 29.3 Å². The van der Waals surface area contributed by atoms with Crippen LogP contribution in [0.1, 0.15) is 5.56 Å². The van der Waals surface area contributed by atoms with Crippen molar-refractivity contribution in [3.63, 3.8) is 0 Å². The first-order valence-electron chi connectivity index (χ1n) is 7.52. The van der Waals surface area contributed by atoms with Crippen LogP contribution in [0.3, 0.4) is 0 Å². The van der Waals surface area contributed by atoms with Crippen molar-refractivity contribution in [1.29, 1.82) is 0 Å². The summed E-state index contributed by atoms with van der Waals surface area (Å²) in [6, 6.07) is 11.9. The number of ether oxygens (including phenoxy) is 1. The number of carbonyl (C=O) groups is 2. The van der Waals surface area contributed by atoms with Gasteiger partial charge < -0.3 is 15.0 Å². The highest BCUT2D eigenvalue weighted by molar-refractivity contribution is 6.42. The number of amides is 2. The van der Waals surface area contributed by atoms with Crippen LogP contribution in [0.4, 0.5) is 5.69 Å². The highest BCUT2D eigenvalue weighted by Gasteiger charge is 2.08. The van der Waals surface area contributed by atoms with Crippen molar-refractivity contribution in [3.8, 4) is 5.75 Å². The first-order chi connectivity index (χ1) is 11.8. The summed E-state index contributed by atoms with van der Waals surface area (Å²) in [7, 11) is 3.33. The van der Waals surface area contributed by atoms with E-state index in [9.17, 15) is 9.59 Å². The Morgan fingerprint density at radius 1 is 1.04 bits per heavy atom. The van der Waals surface area contributed by atoms with E-state index in [0.29, 0.717) is 21.5 Å². The maximum absolute atomic E-state index is 12.1. The third kappa shape index (κ3) is 5.96. The van der Waals surface area contributed by atoms with Crippen LogP contribution in [-0.2, 0) is 16.0 Å². The van der Waals surface area contributed by atoms with E-state index in [1.807, 2.05) is 0 Å². The molecule has 0 fully saturated rings. The van der Waals surface area contributed by atoms with Gasteiger partial charge in [0.1, 0.15) is 5.75 Å². The van der Waals surface area contributed by atoms with E-state index < -0.39 is 0 Å². The largest absolute Gasteiger partial charge is 0.484 e. The Bertz CT molecular complexity index is 761. The molecule has 0 saturated heterocycles. The number of nitrogens with one attached hydrogen (secondary N) is 1. The van der Waals surface area contributed by atoms with Gasteiger partial charge >= 0.3 is 0 Å². The average Bonchev–Trinajstić information content (AvgIpc) is 2.57.